The monoisotopic (exact) mass is 464 g/mol. The van der Waals surface area contributed by atoms with E-state index in [4.69, 9.17) is 0 Å². The lowest BCUT2D eigenvalue weighted by atomic mass is 10.2. The summed E-state index contributed by atoms with van der Waals surface area (Å²) in [5.41, 5.74) is -0.142. The largest absolute Gasteiger partial charge is 0.319 e. The third-order valence-corrected chi connectivity index (χ3v) is 3.95. The molecule has 0 aliphatic carbocycles. The molecular formula is C13H7BrFIN2O3. The van der Waals surface area contributed by atoms with Gasteiger partial charge in [-0.1, -0.05) is 0 Å². The van der Waals surface area contributed by atoms with E-state index in [1.54, 1.807) is 12.1 Å². The molecule has 0 saturated carbocycles. The van der Waals surface area contributed by atoms with E-state index in [1.165, 1.54) is 0 Å². The minimum absolute atomic E-state index is 0.114. The van der Waals surface area contributed by atoms with Crippen molar-refractivity contribution in [3.8, 4) is 0 Å². The van der Waals surface area contributed by atoms with Crippen LogP contribution in [0.1, 0.15) is 10.4 Å². The molecule has 108 valence electrons. The number of nitrogens with one attached hydrogen (secondary N) is 1. The average molecular weight is 465 g/mol. The van der Waals surface area contributed by atoms with Gasteiger partial charge in [-0.25, -0.2) is 4.39 Å². The number of nitrogens with zero attached hydrogens (tertiary/aromatic N) is 1. The Morgan fingerprint density at radius 3 is 2.62 bits per heavy atom. The van der Waals surface area contributed by atoms with E-state index in [1.807, 2.05) is 6.07 Å². The van der Waals surface area contributed by atoms with Gasteiger partial charge < -0.3 is 5.32 Å². The lowest BCUT2D eigenvalue weighted by molar-refractivity contribution is -0.385. The van der Waals surface area contributed by atoms with E-state index in [0.29, 0.717) is 10.0 Å². The summed E-state index contributed by atoms with van der Waals surface area (Å²) in [6.45, 7) is 0. The quantitative estimate of drug-likeness (QED) is 0.417. The molecule has 1 N–H and O–H groups in total. The van der Waals surface area contributed by atoms with Gasteiger partial charge in [0.15, 0.2) is 5.82 Å². The topological polar surface area (TPSA) is 72.2 Å². The summed E-state index contributed by atoms with van der Waals surface area (Å²) in [6, 6.07) is 8.22. The predicted octanol–water partition coefficient (Wildman–Crippen LogP) is 4.35. The number of carbonyl (C=O) groups is 1. The van der Waals surface area contributed by atoms with Gasteiger partial charge in [0, 0.05) is 14.1 Å². The number of halogens is 3. The number of rotatable bonds is 3. The molecule has 0 aliphatic heterocycles. The molecule has 0 saturated heterocycles. The van der Waals surface area contributed by atoms with Crippen LogP contribution in [0, 0.1) is 19.5 Å². The number of hydrogen-bond acceptors (Lipinski definition) is 3. The Balaban J connectivity index is 2.27. The molecule has 0 atom stereocenters. The zero-order valence-electron chi connectivity index (χ0n) is 10.3. The average Bonchev–Trinajstić information content (AvgIpc) is 2.43. The zero-order chi connectivity index (χ0) is 15.6. The second-order valence-electron chi connectivity index (χ2n) is 4.00. The highest BCUT2D eigenvalue weighted by molar-refractivity contribution is 14.1. The van der Waals surface area contributed by atoms with Crippen molar-refractivity contribution in [2.45, 2.75) is 0 Å². The van der Waals surface area contributed by atoms with Crippen molar-refractivity contribution < 1.29 is 14.1 Å². The van der Waals surface area contributed by atoms with E-state index in [2.05, 4.69) is 43.8 Å². The summed E-state index contributed by atoms with van der Waals surface area (Å²) in [7, 11) is 0. The van der Waals surface area contributed by atoms with Crippen LogP contribution < -0.4 is 5.32 Å². The van der Waals surface area contributed by atoms with E-state index in [0.717, 1.165) is 21.8 Å². The van der Waals surface area contributed by atoms with Crippen LogP contribution in [0.4, 0.5) is 15.8 Å². The third-order valence-electron chi connectivity index (χ3n) is 2.58. The number of benzene rings is 2. The normalized spacial score (nSPS) is 10.2. The summed E-state index contributed by atoms with van der Waals surface area (Å²) in [5.74, 6) is -1.37. The zero-order valence-corrected chi connectivity index (χ0v) is 14.0. The first kappa shape index (κ1) is 15.8. The van der Waals surface area contributed by atoms with Gasteiger partial charge in [-0.15, -0.1) is 0 Å². The number of amides is 1. The highest BCUT2D eigenvalue weighted by atomic mass is 127. The molecule has 21 heavy (non-hydrogen) atoms. The van der Waals surface area contributed by atoms with Gasteiger partial charge in [-0.05, 0) is 62.8 Å². The molecule has 2 aromatic rings. The third kappa shape index (κ3) is 3.76. The number of nitro groups is 1. The lowest BCUT2D eigenvalue weighted by Gasteiger charge is -2.08. The molecule has 0 aromatic heterocycles. The van der Waals surface area contributed by atoms with Crippen molar-refractivity contribution in [2.24, 2.45) is 0 Å². The number of anilines is 1. The molecule has 0 spiro atoms. The molecule has 0 radical (unpaired) electrons. The van der Waals surface area contributed by atoms with Crippen molar-refractivity contribution >= 4 is 55.8 Å². The SMILES string of the molecule is O=C(Nc1ccc([N+](=O)[O-])cc1F)c1cc(I)ccc1Br. The van der Waals surface area contributed by atoms with E-state index in [9.17, 15) is 19.3 Å². The van der Waals surface area contributed by atoms with Crippen LogP contribution in [0.25, 0.3) is 0 Å². The van der Waals surface area contributed by atoms with Crippen molar-refractivity contribution in [2.75, 3.05) is 5.32 Å². The van der Waals surface area contributed by atoms with Gasteiger partial charge >= 0.3 is 0 Å². The maximum atomic E-state index is 13.7. The fraction of sp³-hybridized carbons (Fsp3) is 0. The molecule has 2 rings (SSSR count). The maximum absolute atomic E-state index is 13.7. The van der Waals surface area contributed by atoms with E-state index >= 15 is 0 Å². The predicted molar refractivity (Wildman–Crippen MR) is 87.9 cm³/mol. The molecule has 0 bridgehead atoms. The molecule has 8 heteroatoms. The van der Waals surface area contributed by atoms with Gasteiger partial charge in [0.1, 0.15) is 0 Å². The summed E-state index contributed by atoms with van der Waals surface area (Å²) >= 11 is 5.30. The summed E-state index contributed by atoms with van der Waals surface area (Å²) in [6.07, 6.45) is 0. The lowest BCUT2D eigenvalue weighted by Crippen LogP contribution is -2.14. The highest BCUT2D eigenvalue weighted by Gasteiger charge is 2.15. The molecule has 5 nitrogen and oxygen atoms in total. The molecule has 2 aromatic carbocycles. The van der Waals surface area contributed by atoms with Crippen molar-refractivity contribution in [3.05, 3.63) is 65.9 Å². The number of hydrogen-bond donors (Lipinski definition) is 1. The van der Waals surface area contributed by atoms with Crippen LogP contribution >= 0.6 is 38.5 Å². The first-order chi connectivity index (χ1) is 9.88. The van der Waals surface area contributed by atoms with Crippen molar-refractivity contribution in [3.63, 3.8) is 0 Å². The maximum Gasteiger partial charge on any atom is 0.272 e. The summed E-state index contributed by atoms with van der Waals surface area (Å²) in [4.78, 5) is 21.9. The smallest absolute Gasteiger partial charge is 0.272 e. The number of nitro benzene ring substituents is 1. The molecule has 1 amide bonds. The fourth-order valence-electron chi connectivity index (χ4n) is 1.58. The van der Waals surface area contributed by atoms with Gasteiger partial charge in [-0.3, -0.25) is 14.9 Å². The molecule has 0 aliphatic rings. The Hall–Kier alpha value is -1.55. The molecule has 0 fully saturated rings. The minimum atomic E-state index is -0.862. The fourth-order valence-corrected chi connectivity index (χ4v) is 2.50. The Morgan fingerprint density at radius 1 is 1.29 bits per heavy atom. The molecule has 0 unspecified atom stereocenters. The Bertz CT molecular complexity index is 739. The van der Waals surface area contributed by atoms with Crippen LogP contribution in [0.2, 0.25) is 0 Å². The first-order valence-electron chi connectivity index (χ1n) is 5.59. The van der Waals surface area contributed by atoms with Gasteiger partial charge in [0.05, 0.1) is 22.2 Å². The molecular weight excluding hydrogens is 458 g/mol. The van der Waals surface area contributed by atoms with Gasteiger partial charge in [0.2, 0.25) is 0 Å². The van der Waals surface area contributed by atoms with Crippen molar-refractivity contribution in [1.29, 1.82) is 0 Å². The first-order valence-corrected chi connectivity index (χ1v) is 7.46. The second kappa shape index (κ2) is 6.48. The summed E-state index contributed by atoms with van der Waals surface area (Å²) < 4.78 is 15.2. The van der Waals surface area contributed by atoms with Crippen molar-refractivity contribution in [1.82, 2.24) is 0 Å². The van der Waals surface area contributed by atoms with Gasteiger partial charge in [-0.2, -0.15) is 0 Å². The molecule has 0 heterocycles. The Labute approximate surface area is 141 Å². The standard InChI is InChI=1S/C13H7BrFIN2O3/c14-10-3-1-7(16)5-9(10)13(19)17-12-4-2-8(18(20)21)6-11(12)15/h1-6H,(H,17,19). The Kier molecular flexibility index (Phi) is 4.88. The van der Waals surface area contributed by atoms with Crippen LogP contribution in [-0.4, -0.2) is 10.8 Å². The van der Waals surface area contributed by atoms with E-state index in [-0.39, 0.29) is 11.4 Å². The van der Waals surface area contributed by atoms with Crippen LogP contribution in [0.5, 0.6) is 0 Å². The minimum Gasteiger partial charge on any atom is -0.319 e. The van der Waals surface area contributed by atoms with E-state index < -0.39 is 16.6 Å². The van der Waals surface area contributed by atoms with Crippen LogP contribution in [0.3, 0.4) is 0 Å². The Morgan fingerprint density at radius 2 is 2.00 bits per heavy atom. The second-order valence-corrected chi connectivity index (χ2v) is 6.10. The van der Waals surface area contributed by atoms with Crippen LogP contribution in [0.15, 0.2) is 40.9 Å². The summed E-state index contributed by atoms with van der Waals surface area (Å²) in [5, 5.41) is 12.9. The highest BCUT2D eigenvalue weighted by Crippen LogP contribution is 2.24. The van der Waals surface area contributed by atoms with Gasteiger partial charge in [0.25, 0.3) is 11.6 Å². The number of non-ortho nitro benzene ring substituents is 1. The van der Waals surface area contributed by atoms with Crippen LogP contribution in [-0.2, 0) is 0 Å². The number of carbonyl (C=O) groups excluding carboxylic acids is 1.